The zero-order valence-electron chi connectivity index (χ0n) is 16.3. The molecule has 1 heterocycles. The minimum absolute atomic E-state index is 0.147. The van der Waals surface area contributed by atoms with Gasteiger partial charge in [0.2, 0.25) is 0 Å². The first-order valence-corrected chi connectivity index (χ1v) is 9.21. The van der Waals surface area contributed by atoms with Crippen molar-refractivity contribution in [2.45, 2.75) is 26.4 Å². The van der Waals surface area contributed by atoms with E-state index in [1.165, 1.54) is 12.1 Å². The van der Waals surface area contributed by atoms with E-state index in [1.54, 1.807) is 18.3 Å². The summed E-state index contributed by atoms with van der Waals surface area (Å²) in [5.41, 5.74) is 3.86. The highest BCUT2D eigenvalue weighted by molar-refractivity contribution is 6.04. The number of benzene rings is 2. The lowest BCUT2D eigenvalue weighted by molar-refractivity contribution is 0.102. The van der Waals surface area contributed by atoms with Crippen LogP contribution in [-0.4, -0.2) is 22.8 Å². The topological polar surface area (TPSA) is 45.2 Å². The Morgan fingerprint density at radius 3 is 2.71 bits per heavy atom. The van der Waals surface area contributed by atoms with Crippen molar-refractivity contribution in [3.63, 3.8) is 0 Å². The number of anilines is 1. The SMILES string of the molecule is Cc1ccc(F)cc1NC(=O)c1cccc(CN(C)C(C)c2ccccn2)c1. The van der Waals surface area contributed by atoms with Crippen molar-refractivity contribution in [1.82, 2.24) is 9.88 Å². The molecule has 1 amide bonds. The predicted octanol–water partition coefficient (Wildman–Crippen LogP) is 4.97. The van der Waals surface area contributed by atoms with Crippen molar-refractivity contribution in [3.05, 3.63) is 95.1 Å². The second-order valence-electron chi connectivity index (χ2n) is 6.96. The van der Waals surface area contributed by atoms with Gasteiger partial charge >= 0.3 is 0 Å². The number of carbonyl (C=O) groups is 1. The van der Waals surface area contributed by atoms with Gasteiger partial charge in [0.05, 0.1) is 5.69 Å². The van der Waals surface area contributed by atoms with E-state index in [0.29, 0.717) is 17.8 Å². The molecule has 0 aliphatic carbocycles. The fourth-order valence-electron chi connectivity index (χ4n) is 3.01. The first-order chi connectivity index (χ1) is 13.4. The predicted molar refractivity (Wildman–Crippen MR) is 110 cm³/mol. The Hall–Kier alpha value is -3.05. The van der Waals surface area contributed by atoms with Gasteiger partial charge in [0.25, 0.3) is 5.91 Å². The molecule has 4 nitrogen and oxygen atoms in total. The van der Waals surface area contributed by atoms with Crippen LogP contribution in [0.3, 0.4) is 0 Å². The number of hydrogen-bond donors (Lipinski definition) is 1. The van der Waals surface area contributed by atoms with Crippen LogP contribution in [0.1, 0.15) is 40.1 Å². The highest BCUT2D eigenvalue weighted by Gasteiger charge is 2.14. The summed E-state index contributed by atoms with van der Waals surface area (Å²) < 4.78 is 13.5. The molecule has 0 aliphatic rings. The fourth-order valence-corrected chi connectivity index (χ4v) is 3.01. The largest absolute Gasteiger partial charge is 0.322 e. The second-order valence-corrected chi connectivity index (χ2v) is 6.96. The Bertz CT molecular complexity index is 959. The third-order valence-electron chi connectivity index (χ3n) is 4.85. The maximum Gasteiger partial charge on any atom is 0.255 e. The average Bonchev–Trinajstić information content (AvgIpc) is 2.71. The van der Waals surface area contributed by atoms with E-state index in [1.807, 2.05) is 50.4 Å². The monoisotopic (exact) mass is 377 g/mol. The minimum atomic E-state index is -0.375. The molecule has 0 saturated carbocycles. The van der Waals surface area contributed by atoms with Crippen LogP contribution in [0.2, 0.25) is 0 Å². The van der Waals surface area contributed by atoms with Gasteiger partial charge in [-0.15, -0.1) is 0 Å². The molecule has 0 bridgehead atoms. The number of aryl methyl sites for hydroxylation is 1. The van der Waals surface area contributed by atoms with Gasteiger partial charge in [0, 0.05) is 30.0 Å². The van der Waals surface area contributed by atoms with Crippen LogP contribution in [0.25, 0.3) is 0 Å². The zero-order valence-corrected chi connectivity index (χ0v) is 16.3. The van der Waals surface area contributed by atoms with E-state index in [2.05, 4.69) is 22.1 Å². The van der Waals surface area contributed by atoms with Gasteiger partial charge in [-0.2, -0.15) is 0 Å². The Morgan fingerprint density at radius 2 is 1.96 bits per heavy atom. The number of nitrogens with zero attached hydrogens (tertiary/aromatic N) is 2. The van der Waals surface area contributed by atoms with Crippen LogP contribution in [-0.2, 0) is 6.54 Å². The van der Waals surface area contributed by atoms with Crippen LogP contribution in [0.15, 0.2) is 66.9 Å². The lowest BCUT2D eigenvalue weighted by atomic mass is 10.1. The molecule has 1 aromatic heterocycles. The molecule has 3 rings (SSSR count). The van der Waals surface area contributed by atoms with Gasteiger partial charge in [-0.05, 0) is 68.4 Å². The molecule has 0 radical (unpaired) electrons. The summed E-state index contributed by atoms with van der Waals surface area (Å²) in [7, 11) is 2.03. The molecule has 1 atom stereocenters. The molecule has 0 aliphatic heterocycles. The van der Waals surface area contributed by atoms with E-state index in [4.69, 9.17) is 0 Å². The smallest absolute Gasteiger partial charge is 0.255 e. The molecular weight excluding hydrogens is 353 g/mol. The second kappa shape index (κ2) is 8.76. The van der Waals surface area contributed by atoms with E-state index in [9.17, 15) is 9.18 Å². The van der Waals surface area contributed by atoms with Gasteiger partial charge in [0.1, 0.15) is 5.82 Å². The number of carbonyl (C=O) groups excluding carboxylic acids is 1. The van der Waals surface area contributed by atoms with Crippen LogP contribution >= 0.6 is 0 Å². The maximum atomic E-state index is 13.5. The van der Waals surface area contributed by atoms with Crippen LogP contribution in [0, 0.1) is 12.7 Å². The molecular formula is C23H24FN3O. The van der Waals surface area contributed by atoms with Gasteiger partial charge in [0.15, 0.2) is 0 Å². The summed E-state index contributed by atoms with van der Waals surface area (Å²) in [6.07, 6.45) is 1.79. The first-order valence-electron chi connectivity index (χ1n) is 9.21. The van der Waals surface area contributed by atoms with Gasteiger partial charge in [-0.25, -0.2) is 4.39 Å². The molecule has 0 spiro atoms. The molecule has 5 heteroatoms. The summed E-state index contributed by atoms with van der Waals surface area (Å²) in [5.74, 6) is -0.629. The number of nitrogens with one attached hydrogen (secondary N) is 1. The van der Waals surface area contributed by atoms with E-state index < -0.39 is 0 Å². The van der Waals surface area contributed by atoms with Crippen molar-refractivity contribution < 1.29 is 9.18 Å². The van der Waals surface area contributed by atoms with Crippen molar-refractivity contribution in [3.8, 4) is 0 Å². The third kappa shape index (κ3) is 4.81. The third-order valence-corrected chi connectivity index (χ3v) is 4.85. The molecule has 0 saturated heterocycles. The summed E-state index contributed by atoms with van der Waals surface area (Å²) >= 11 is 0. The molecule has 28 heavy (non-hydrogen) atoms. The Labute approximate surface area is 165 Å². The van der Waals surface area contributed by atoms with Gasteiger partial charge in [-0.3, -0.25) is 14.7 Å². The number of amides is 1. The summed E-state index contributed by atoms with van der Waals surface area (Å²) in [5, 5.41) is 2.79. The highest BCUT2D eigenvalue weighted by Crippen LogP contribution is 2.20. The van der Waals surface area contributed by atoms with Crippen molar-refractivity contribution in [1.29, 1.82) is 0 Å². The van der Waals surface area contributed by atoms with E-state index in [0.717, 1.165) is 16.8 Å². The first kappa shape index (κ1) is 19.7. The summed E-state index contributed by atoms with van der Waals surface area (Å²) in [6, 6.07) is 17.9. The molecule has 1 unspecified atom stereocenters. The maximum absolute atomic E-state index is 13.5. The average molecular weight is 377 g/mol. The summed E-state index contributed by atoms with van der Waals surface area (Å²) in [4.78, 5) is 19.2. The molecule has 0 fully saturated rings. The molecule has 2 aromatic carbocycles. The fraction of sp³-hybridized carbons (Fsp3) is 0.217. The number of aromatic nitrogens is 1. The summed E-state index contributed by atoms with van der Waals surface area (Å²) in [6.45, 7) is 4.61. The van der Waals surface area contributed by atoms with Crippen LogP contribution < -0.4 is 5.32 Å². The van der Waals surface area contributed by atoms with Gasteiger partial charge in [-0.1, -0.05) is 24.3 Å². The molecule has 3 aromatic rings. The number of rotatable bonds is 6. The molecule has 1 N–H and O–H groups in total. The van der Waals surface area contributed by atoms with Gasteiger partial charge < -0.3 is 5.32 Å². The number of halogens is 1. The Balaban J connectivity index is 1.71. The quantitative estimate of drug-likeness (QED) is 0.659. The standard InChI is InChI=1S/C23H24FN3O/c1-16-10-11-20(24)14-22(16)26-23(28)19-8-6-7-18(13-19)15-27(3)17(2)21-9-4-5-12-25-21/h4-14,17H,15H2,1-3H3,(H,26,28). The van der Waals surface area contributed by atoms with Crippen molar-refractivity contribution >= 4 is 11.6 Å². The normalized spacial score (nSPS) is 12.0. The lowest BCUT2D eigenvalue weighted by Crippen LogP contribution is -2.23. The number of pyridine rings is 1. The minimum Gasteiger partial charge on any atom is -0.322 e. The van der Waals surface area contributed by atoms with Crippen molar-refractivity contribution in [2.24, 2.45) is 0 Å². The number of hydrogen-bond acceptors (Lipinski definition) is 3. The Kier molecular flexibility index (Phi) is 6.16. The highest BCUT2D eigenvalue weighted by atomic mass is 19.1. The lowest BCUT2D eigenvalue weighted by Gasteiger charge is -2.24. The molecule has 144 valence electrons. The Morgan fingerprint density at radius 1 is 1.14 bits per heavy atom. The van der Waals surface area contributed by atoms with Crippen LogP contribution in [0.4, 0.5) is 10.1 Å². The van der Waals surface area contributed by atoms with Crippen LogP contribution in [0.5, 0.6) is 0 Å². The van der Waals surface area contributed by atoms with Crippen molar-refractivity contribution in [2.75, 3.05) is 12.4 Å². The van der Waals surface area contributed by atoms with E-state index in [-0.39, 0.29) is 17.8 Å². The zero-order chi connectivity index (χ0) is 20.1. The van der Waals surface area contributed by atoms with E-state index >= 15 is 0 Å².